The highest BCUT2D eigenvalue weighted by Gasteiger charge is 2.19. The molecule has 0 bridgehead atoms. The first kappa shape index (κ1) is 13.1. The average Bonchev–Trinajstić information content (AvgIpc) is 2.32. The Morgan fingerprint density at radius 2 is 2.35 bits per heavy atom. The summed E-state index contributed by atoms with van der Waals surface area (Å²) < 4.78 is 0. The van der Waals surface area contributed by atoms with Gasteiger partial charge >= 0.3 is 0 Å². The summed E-state index contributed by atoms with van der Waals surface area (Å²) in [6.45, 7) is 5.17. The second kappa shape index (κ2) is 5.98. The lowest BCUT2D eigenvalue weighted by Crippen LogP contribution is -2.37. The molecule has 0 spiro atoms. The Morgan fingerprint density at radius 3 is 3.06 bits per heavy atom. The zero-order chi connectivity index (χ0) is 12.3. The molecule has 4 heteroatoms. The predicted molar refractivity (Wildman–Crippen MR) is 78.3 cm³/mol. The number of benzene rings is 1. The van der Waals surface area contributed by atoms with Crippen molar-refractivity contribution in [1.29, 1.82) is 0 Å². The summed E-state index contributed by atoms with van der Waals surface area (Å²) in [7, 11) is 0. The average molecular weight is 271 g/mol. The first-order chi connectivity index (χ1) is 8.20. The van der Waals surface area contributed by atoms with Crippen molar-refractivity contribution < 1.29 is 0 Å². The Kier molecular flexibility index (Phi) is 4.60. The summed E-state index contributed by atoms with van der Waals surface area (Å²) in [5, 5.41) is 1.50. The van der Waals surface area contributed by atoms with Gasteiger partial charge in [0.2, 0.25) is 0 Å². The smallest absolute Gasteiger partial charge is 0.0426 e. The minimum absolute atomic E-state index is 0.687. The molecule has 94 valence electrons. The second-order valence-electron chi connectivity index (χ2n) is 4.44. The number of anilines is 1. The summed E-state index contributed by atoms with van der Waals surface area (Å²) in [6, 6.07) is 6.14. The molecule has 2 nitrogen and oxygen atoms in total. The van der Waals surface area contributed by atoms with E-state index in [1.165, 1.54) is 17.0 Å². The van der Waals surface area contributed by atoms with Crippen molar-refractivity contribution in [3.05, 3.63) is 28.8 Å². The number of nitrogens with two attached hydrogens (primary N) is 1. The topological polar surface area (TPSA) is 29.3 Å². The van der Waals surface area contributed by atoms with E-state index in [0.29, 0.717) is 11.8 Å². The molecule has 0 amide bonds. The van der Waals surface area contributed by atoms with Crippen LogP contribution in [0.15, 0.2) is 18.2 Å². The molecule has 1 aliphatic rings. The van der Waals surface area contributed by atoms with Gasteiger partial charge < -0.3 is 10.6 Å². The molecule has 1 atom stereocenters. The largest absolute Gasteiger partial charge is 0.369 e. The molecule has 1 aromatic carbocycles. The zero-order valence-electron chi connectivity index (χ0n) is 10.2. The van der Waals surface area contributed by atoms with Crippen molar-refractivity contribution in [3.63, 3.8) is 0 Å². The fourth-order valence-electron chi connectivity index (χ4n) is 2.24. The van der Waals surface area contributed by atoms with E-state index >= 15 is 0 Å². The lowest BCUT2D eigenvalue weighted by atomic mass is 10.1. The molecule has 1 aromatic rings. The molecule has 17 heavy (non-hydrogen) atoms. The molecule has 1 aliphatic heterocycles. The maximum absolute atomic E-state index is 6.11. The van der Waals surface area contributed by atoms with Crippen molar-refractivity contribution in [1.82, 2.24) is 0 Å². The van der Waals surface area contributed by atoms with Gasteiger partial charge in [0.1, 0.15) is 0 Å². The SMILES string of the molecule is CC1CN(c2cc(Cl)ccc2CCN)CCS1. The molecule has 2 N–H and O–H groups in total. The third-order valence-corrected chi connectivity index (χ3v) is 4.41. The molecule has 1 heterocycles. The molecule has 0 radical (unpaired) electrons. The Labute approximate surface area is 113 Å². The van der Waals surface area contributed by atoms with Crippen molar-refractivity contribution in [2.24, 2.45) is 5.73 Å². The van der Waals surface area contributed by atoms with Gasteiger partial charge in [-0.2, -0.15) is 11.8 Å². The first-order valence-electron chi connectivity index (χ1n) is 6.05. The monoisotopic (exact) mass is 270 g/mol. The van der Waals surface area contributed by atoms with Crippen LogP contribution in [-0.4, -0.2) is 30.6 Å². The maximum Gasteiger partial charge on any atom is 0.0426 e. The summed E-state index contributed by atoms with van der Waals surface area (Å²) in [6.07, 6.45) is 0.921. The van der Waals surface area contributed by atoms with Crippen molar-refractivity contribution in [2.45, 2.75) is 18.6 Å². The van der Waals surface area contributed by atoms with Crippen LogP contribution in [0.5, 0.6) is 0 Å². The van der Waals surface area contributed by atoms with E-state index in [0.717, 1.165) is 24.5 Å². The van der Waals surface area contributed by atoms with Gasteiger partial charge in [-0.05, 0) is 30.7 Å². The van der Waals surface area contributed by atoms with Crippen LogP contribution < -0.4 is 10.6 Å². The highest BCUT2D eigenvalue weighted by Crippen LogP contribution is 2.29. The third-order valence-electron chi connectivity index (χ3n) is 3.04. The van der Waals surface area contributed by atoms with E-state index in [4.69, 9.17) is 17.3 Å². The number of hydrogen-bond donors (Lipinski definition) is 1. The van der Waals surface area contributed by atoms with E-state index in [1.807, 2.05) is 17.8 Å². The Morgan fingerprint density at radius 1 is 1.53 bits per heavy atom. The van der Waals surface area contributed by atoms with Gasteiger partial charge in [0.25, 0.3) is 0 Å². The Hall–Kier alpha value is -0.380. The van der Waals surface area contributed by atoms with Crippen molar-refractivity contribution >= 4 is 29.1 Å². The summed E-state index contributed by atoms with van der Waals surface area (Å²) in [5.74, 6) is 1.19. The molecular weight excluding hydrogens is 252 g/mol. The number of rotatable bonds is 3. The van der Waals surface area contributed by atoms with E-state index in [9.17, 15) is 0 Å². The van der Waals surface area contributed by atoms with E-state index in [2.05, 4.69) is 24.0 Å². The zero-order valence-corrected chi connectivity index (χ0v) is 11.7. The van der Waals surface area contributed by atoms with Crippen molar-refractivity contribution in [3.8, 4) is 0 Å². The predicted octanol–water partition coefficient (Wildman–Crippen LogP) is 2.78. The molecule has 1 fully saturated rings. The molecular formula is C13H19ClN2S. The van der Waals surface area contributed by atoms with E-state index < -0.39 is 0 Å². The molecule has 0 saturated carbocycles. The van der Waals surface area contributed by atoms with Crippen LogP contribution in [0.4, 0.5) is 5.69 Å². The molecule has 2 rings (SSSR count). The van der Waals surface area contributed by atoms with Gasteiger partial charge in [0.15, 0.2) is 0 Å². The lowest BCUT2D eigenvalue weighted by molar-refractivity contribution is 0.775. The van der Waals surface area contributed by atoms with Gasteiger partial charge in [-0.15, -0.1) is 0 Å². The number of nitrogens with zero attached hydrogens (tertiary/aromatic N) is 1. The van der Waals surface area contributed by atoms with Gasteiger partial charge in [0, 0.05) is 34.8 Å². The standard InChI is InChI=1S/C13H19ClN2S/c1-10-9-16(6-7-17-10)13-8-12(14)3-2-11(13)4-5-15/h2-3,8,10H,4-7,9,15H2,1H3. The molecule has 0 aliphatic carbocycles. The van der Waals surface area contributed by atoms with Crippen LogP contribution in [-0.2, 0) is 6.42 Å². The van der Waals surface area contributed by atoms with Crippen LogP contribution in [0.2, 0.25) is 5.02 Å². The molecule has 1 saturated heterocycles. The summed E-state index contributed by atoms with van der Waals surface area (Å²) in [5.41, 5.74) is 8.26. The first-order valence-corrected chi connectivity index (χ1v) is 7.48. The number of thioether (sulfide) groups is 1. The van der Waals surface area contributed by atoms with Gasteiger partial charge in [-0.3, -0.25) is 0 Å². The Balaban J connectivity index is 2.25. The summed E-state index contributed by atoms with van der Waals surface area (Å²) >= 11 is 8.15. The highest BCUT2D eigenvalue weighted by atomic mass is 35.5. The van der Waals surface area contributed by atoms with Gasteiger partial charge in [-0.1, -0.05) is 24.6 Å². The van der Waals surface area contributed by atoms with Crippen LogP contribution in [0.25, 0.3) is 0 Å². The number of halogens is 1. The minimum Gasteiger partial charge on any atom is -0.369 e. The molecule has 1 unspecified atom stereocenters. The lowest BCUT2D eigenvalue weighted by Gasteiger charge is -2.34. The summed E-state index contributed by atoms with van der Waals surface area (Å²) in [4.78, 5) is 2.44. The number of hydrogen-bond acceptors (Lipinski definition) is 3. The van der Waals surface area contributed by atoms with Gasteiger partial charge in [0.05, 0.1) is 0 Å². The van der Waals surface area contributed by atoms with E-state index in [-0.39, 0.29) is 0 Å². The van der Waals surface area contributed by atoms with Crippen molar-refractivity contribution in [2.75, 3.05) is 30.3 Å². The van der Waals surface area contributed by atoms with Crippen LogP contribution in [0.1, 0.15) is 12.5 Å². The van der Waals surface area contributed by atoms with Crippen LogP contribution >= 0.6 is 23.4 Å². The maximum atomic E-state index is 6.11. The van der Waals surface area contributed by atoms with Crippen LogP contribution in [0.3, 0.4) is 0 Å². The highest BCUT2D eigenvalue weighted by molar-refractivity contribution is 8.00. The third kappa shape index (κ3) is 3.30. The second-order valence-corrected chi connectivity index (χ2v) is 6.42. The fourth-order valence-corrected chi connectivity index (χ4v) is 3.42. The van der Waals surface area contributed by atoms with Crippen LogP contribution in [0, 0.1) is 0 Å². The minimum atomic E-state index is 0.687. The normalized spacial score (nSPS) is 20.6. The Bertz CT molecular complexity index is 384. The van der Waals surface area contributed by atoms with E-state index in [1.54, 1.807) is 0 Å². The quantitative estimate of drug-likeness (QED) is 0.916. The molecule has 0 aromatic heterocycles. The van der Waals surface area contributed by atoms with Gasteiger partial charge in [-0.25, -0.2) is 0 Å². The fraction of sp³-hybridized carbons (Fsp3) is 0.538.